The molecule has 0 aliphatic rings. The number of carbonyl (C=O) groups excluding carboxylic acids is 1. The molecule has 1 N–H and O–H groups in total. The van der Waals surface area contributed by atoms with Crippen LogP contribution in [0.2, 0.25) is 0 Å². The highest BCUT2D eigenvalue weighted by Gasteiger charge is 2.12. The number of hydrogen-bond acceptors (Lipinski definition) is 2. The lowest BCUT2D eigenvalue weighted by molar-refractivity contribution is 0.102. The minimum Gasteiger partial charge on any atom is -0.319 e. The molecule has 2 aromatic rings. The number of nitrogens with zero attached hydrogens (tertiary/aromatic N) is 1. The summed E-state index contributed by atoms with van der Waals surface area (Å²) in [5.74, 6) is -2.05. The molecule has 1 aromatic carbocycles. The second-order valence-corrected chi connectivity index (χ2v) is 4.29. The standard InChI is InChI=1S/C12H7BrF2N2O/c13-8-5-11(10(15)6-9(8)14)17-12(18)7-1-3-16-4-2-7/h1-6H,(H,17,18). The van der Waals surface area contributed by atoms with Gasteiger partial charge in [-0.2, -0.15) is 0 Å². The summed E-state index contributed by atoms with van der Waals surface area (Å²) in [5.41, 5.74) is 0.245. The van der Waals surface area contributed by atoms with Crippen molar-refractivity contribution in [2.24, 2.45) is 0 Å². The van der Waals surface area contributed by atoms with Crippen molar-refractivity contribution in [1.82, 2.24) is 4.98 Å². The first kappa shape index (κ1) is 12.6. The van der Waals surface area contributed by atoms with Crippen LogP contribution in [0, 0.1) is 11.6 Å². The number of pyridine rings is 1. The van der Waals surface area contributed by atoms with E-state index in [0.29, 0.717) is 11.6 Å². The molecule has 1 heterocycles. The maximum absolute atomic E-state index is 13.4. The third kappa shape index (κ3) is 2.70. The number of halogens is 3. The molecule has 3 nitrogen and oxygen atoms in total. The van der Waals surface area contributed by atoms with E-state index in [4.69, 9.17) is 0 Å². The summed E-state index contributed by atoms with van der Waals surface area (Å²) in [6.45, 7) is 0. The van der Waals surface area contributed by atoms with Crippen LogP contribution < -0.4 is 5.32 Å². The van der Waals surface area contributed by atoms with E-state index in [1.54, 1.807) is 0 Å². The van der Waals surface area contributed by atoms with Gasteiger partial charge in [-0.25, -0.2) is 8.78 Å². The number of hydrogen-bond donors (Lipinski definition) is 1. The lowest BCUT2D eigenvalue weighted by Gasteiger charge is -2.07. The predicted octanol–water partition coefficient (Wildman–Crippen LogP) is 3.37. The van der Waals surface area contributed by atoms with Crippen LogP contribution in [0.3, 0.4) is 0 Å². The molecule has 6 heteroatoms. The maximum atomic E-state index is 13.4. The van der Waals surface area contributed by atoms with E-state index in [1.165, 1.54) is 30.6 Å². The van der Waals surface area contributed by atoms with Crippen molar-refractivity contribution in [3.05, 3.63) is 58.3 Å². The Hall–Kier alpha value is -1.82. The number of carbonyl (C=O) groups is 1. The van der Waals surface area contributed by atoms with E-state index >= 15 is 0 Å². The molecule has 0 aliphatic carbocycles. The summed E-state index contributed by atoms with van der Waals surface area (Å²) in [6.07, 6.45) is 2.90. The maximum Gasteiger partial charge on any atom is 0.255 e. The number of rotatable bonds is 2. The predicted molar refractivity (Wildman–Crippen MR) is 66.2 cm³/mol. The Labute approximate surface area is 110 Å². The quantitative estimate of drug-likeness (QED) is 0.864. The van der Waals surface area contributed by atoms with Gasteiger partial charge in [-0.3, -0.25) is 9.78 Å². The van der Waals surface area contributed by atoms with E-state index in [9.17, 15) is 13.6 Å². The van der Waals surface area contributed by atoms with Gasteiger partial charge in [0.2, 0.25) is 0 Å². The molecule has 0 spiro atoms. The normalized spacial score (nSPS) is 10.2. The van der Waals surface area contributed by atoms with Crippen LogP contribution in [0.15, 0.2) is 41.1 Å². The molecule has 0 radical (unpaired) electrons. The summed E-state index contributed by atoms with van der Waals surface area (Å²) < 4.78 is 26.5. The molecule has 0 saturated heterocycles. The van der Waals surface area contributed by atoms with E-state index in [0.717, 1.165) is 0 Å². The van der Waals surface area contributed by atoms with Gasteiger partial charge in [-0.15, -0.1) is 0 Å². The van der Waals surface area contributed by atoms with Crippen LogP contribution >= 0.6 is 15.9 Å². The Bertz CT molecular complexity index is 590. The number of amides is 1. The third-order valence-electron chi connectivity index (χ3n) is 2.20. The molecule has 2 rings (SSSR count). The lowest BCUT2D eigenvalue weighted by Crippen LogP contribution is -2.13. The molecule has 0 saturated carbocycles. The van der Waals surface area contributed by atoms with Crippen molar-refractivity contribution in [2.45, 2.75) is 0 Å². The van der Waals surface area contributed by atoms with Gasteiger partial charge in [-0.05, 0) is 34.1 Å². The van der Waals surface area contributed by atoms with Gasteiger partial charge in [0, 0.05) is 24.0 Å². The first-order valence-corrected chi connectivity index (χ1v) is 5.73. The van der Waals surface area contributed by atoms with Crippen LogP contribution in [-0.4, -0.2) is 10.9 Å². The van der Waals surface area contributed by atoms with E-state index in [1.807, 2.05) is 0 Å². The van der Waals surface area contributed by atoms with Gasteiger partial charge >= 0.3 is 0 Å². The van der Waals surface area contributed by atoms with Gasteiger partial charge in [-0.1, -0.05) is 0 Å². The zero-order valence-electron chi connectivity index (χ0n) is 8.95. The number of aromatic nitrogens is 1. The Kier molecular flexibility index (Phi) is 3.66. The molecule has 0 bridgehead atoms. The van der Waals surface area contributed by atoms with Gasteiger partial charge in [0.05, 0.1) is 10.2 Å². The summed E-state index contributed by atoms with van der Waals surface area (Å²) in [4.78, 5) is 15.5. The Morgan fingerprint density at radius 1 is 1.17 bits per heavy atom. The summed E-state index contributed by atoms with van der Waals surface area (Å²) >= 11 is 2.92. The van der Waals surface area contributed by atoms with Crippen LogP contribution in [-0.2, 0) is 0 Å². The molecule has 1 aromatic heterocycles. The molecule has 1 amide bonds. The molecular formula is C12H7BrF2N2O. The molecule has 18 heavy (non-hydrogen) atoms. The fourth-order valence-electron chi connectivity index (χ4n) is 1.32. The summed E-state index contributed by atoms with van der Waals surface area (Å²) in [6, 6.07) is 4.85. The van der Waals surface area contributed by atoms with Crippen molar-refractivity contribution < 1.29 is 13.6 Å². The topological polar surface area (TPSA) is 42.0 Å². The van der Waals surface area contributed by atoms with Crippen molar-refractivity contribution in [2.75, 3.05) is 5.32 Å². The zero-order valence-corrected chi connectivity index (χ0v) is 10.5. The summed E-state index contributed by atoms with van der Waals surface area (Å²) in [7, 11) is 0. The van der Waals surface area contributed by atoms with Crippen molar-refractivity contribution in [1.29, 1.82) is 0 Å². The van der Waals surface area contributed by atoms with E-state index in [-0.39, 0.29) is 10.2 Å². The first-order chi connectivity index (χ1) is 8.58. The smallest absolute Gasteiger partial charge is 0.255 e. The van der Waals surface area contributed by atoms with Gasteiger partial charge < -0.3 is 5.32 Å². The largest absolute Gasteiger partial charge is 0.319 e. The van der Waals surface area contributed by atoms with Crippen molar-refractivity contribution >= 4 is 27.5 Å². The first-order valence-electron chi connectivity index (χ1n) is 4.94. The minimum atomic E-state index is -0.835. The minimum absolute atomic E-state index is 0.0777. The third-order valence-corrected chi connectivity index (χ3v) is 2.81. The highest BCUT2D eigenvalue weighted by atomic mass is 79.9. The van der Waals surface area contributed by atoms with Crippen LogP contribution in [0.1, 0.15) is 10.4 Å². The number of benzene rings is 1. The van der Waals surface area contributed by atoms with Gasteiger partial charge in [0.1, 0.15) is 11.6 Å². The second kappa shape index (κ2) is 5.22. The highest BCUT2D eigenvalue weighted by molar-refractivity contribution is 9.10. The fraction of sp³-hybridized carbons (Fsp3) is 0. The number of nitrogens with one attached hydrogen (secondary N) is 1. The highest BCUT2D eigenvalue weighted by Crippen LogP contribution is 2.24. The zero-order chi connectivity index (χ0) is 13.1. The monoisotopic (exact) mass is 312 g/mol. The lowest BCUT2D eigenvalue weighted by atomic mass is 10.2. The fourth-order valence-corrected chi connectivity index (χ4v) is 1.66. The second-order valence-electron chi connectivity index (χ2n) is 3.44. The van der Waals surface area contributed by atoms with Gasteiger partial charge in [0.15, 0.2) is 0 Å². The van der Waals surface area contributed by atoms with Crippen molar-refractivity contribution in [3.8, 4) is 0 Å². The van der Waals surface area contributed by atoms with Gasteiger partial charge in [0.25, 0.3) is 5.91 Å². The average molecular weight is 313 g/mol. The molecule has 92 valence electrons. The Morgan fingerprint density at radius 3 is 2.50 bits per heavy atom. The van der Waals surface area contributed by atoms with Crippen LogP contribution in [0.25, 0.3) is 0 Å². The Balaban J connectivity index is 2.25. The van der Waals surface area contributed by atoms with E-state index < -0.39 is 17.5 Å². The molecular weight excluding hydrogens is 306 g/mol. The number of anilines is 1. The molecule has 0 aliphatic heterocycles. The van der Waals surface area contributed by atoms with Crippen LogP contribution in [0.4, 0.5) is 14.5 Å². The van der Waals surface area contributed by atoms with Crippen LogP contribution in [0.5, 0.6) is 0 Å². The van der Waals surface area contributed by atoms with E-state index in [2.05, 4.69) is 26.2 Å². The Morgan fingerprint density at radius 2 is 1.83 bits per heavy atom. The molecule has 0 unspecified atom stereocenters. The average Bonchev–Trinajstić information content (AvgIpc) is 2.37. The van der Waals surface area contributed by atoms with Crippen molar-refractivity contribution in [3.63, 3.8) is 0 Å². The SMILES string of the molecule is O=C(Nc1cc(Br)c(F)cc1F)c1ccncc1. The summed E-state index contributed by atoms with van der Waals surface area (Å²) in [5, 5.41) is 2.36. The molecule has 0 fully saturated rings. The molecule has 0 atom stereocenters.